The van der Waals surface area contributed by atoms with Crippen molar-refractivity contribution in [2.75, 3.05) is 48.4 Å². The van der Waals surface area contributed by atoms with Gasteiger partial charge in [-0.15, -0.1) is 0 Å². The number of methoxy groups -OCH3 is 1. The van der Waals surface area contributed by atoms with Gasteiger partial charge in [0.25, 0.3) is 5.88 Å². The molecule has 3 aliphatic rings. The number of urea groups is 1. The van der Waals surface area contributed by atoms with E-state index in [1.54, 1.807) is 30.1 Å². The number of rotatable bonds is 6. The van der Waals surface area contributed by atoms with Gasteiger partial charge in [-0.25, -0.2) is 19.6 Å². The van der Waals surface area contributed by atoms with E-state index in [4.69, 9.17) is 9.47 Å². The van der Waals surface area contributed by atoms with Crippen LogP contribution in [0.2, 0.25) is 0 Å². The SMILES string of the molecule is CO[C@@H]1CCN(c2cc(NC(=O)N3CCCc4cc(CN5CC=COC5=C=O)c(C=O)nc43)ncc2C#N)C1. The predicted octanol–water partition coefficient (Wildman–Crippen LogP) is 2.39. The molecule has 0 saturated carbocycles. The summed E-state index contributed by atoms with van der Waals surface area (Å²) in [7, 11) is 1.67. The van der Waals surface area contributed by atoms with Crippen LogP contribution in [0.5, 0.6) is 0 Å². The Morgan fingerprint density at radius 3 is 2.97 bits per heavy atom. The molecule has 200 valence electrons. The third kappa shape index (κ3) is 5.31. The van der Waals surface area contributed by atoms with E-state index in [2.05, 4.69) is 21.4 Å². The maximum atomic E-state index is 13.4. The van der Waals surface area contributed by atoms with Crippen molar-refractivity contribution in [2.24, 2.45) is 0 Å². The number of ether oxygens (including phenoxy) is 2. The van der Waals surface area contributed by atoms with Crippen LogP contribution in [0.15, 0.2) is 36.6 Å². The van der Waals surface area contributed by atoms with E-state index in [1.165, 1.54) is 17.4 Å². The lowest BCUT2D eigenvalue weighted by atomic mass is 10.0. The van der Waals surface area contributed by atoms with Gasteiger partial charge in [0.2, 0.25) is 0 Å². The molecule has 1 saturated heterocycles. The van der Waals surface area contributed by atoms with E-state index in [-0.39, 0.29) is 24.2 Å². The Bertz CT molecular complexity index is 1410. The standard InChI is InChI=1S/C27H27N7O5/c1-38-21-5-8-32(15-21)23-11-24(29-13-20(23)12-28)31-27(37)34-7-2-4-18-10-19(22(16-35)30-26(18)34)14-33-6-3-9-39-25(33)17-36/h3,9-11,13,16,21H,2,4-8,14-15H2,1H3,(H,29,31,37)/t21-/m1/s1. The molecule has 0 spiro atoms. The molecule has 5 rings (SSSR count). The molecule has 0 radical (unpaired) electrons. The zero-order chi connectivity index (χ0) is 27.4. The van der Waals surface area contributed by atoms with Gasteiger partial charge in [0.1, 0.15) is 23.4 Å². The minimum Gasteiger partial charge on any atom is -0.440 e. The molecule has 3 aliphatic heterocycles. The third-order valence-electron chi connectivity index (χ3n) is 7.03. The molecule has 0 unspecified atom stereocenters. The Labute approximate surface area is 225 Å². The summed E-state index contributed by atoms with van der Waals surface area (Å²) in [6.45, 7) is 2.45. The maximum Gasteiger partial charge on any atom is 0.328 e. The molecular formula is C27H27N7O5. The molecule has 0 aliphatic carbocycles. The van der Waals surface area contributed by atoms with E-state index >= 15 is 0 Å². The van der Waals surface area contributed by atoms with Crippen LogP contribution in [0.4, 0.5) is 22.1 Å². The Hall–Kier alpha value is -4.72. The normalized spacial score (nSPS) is 18.2. The maximum absolute atomic E-state index is 13.4. The number of nitrogens with zero attached hydrogens (tertiary/aromatic N) is 6. The van der Waals surface area contributed by atoms with Gasteiger partial charge in [-0.3, -0.25) is 15.0 Å². The smallest absolute Gasteiger partial charge is 0.328 e. The molecule has 2 amide bonds. The number of carbonyl (C=O) groups excluding carboxylic acids is 3. The minimum absolute atomic E-state index is 0.0361. The summed E-state index contributed by atoms with van der Waals surface area (Å²) in [5.41, 5.74) is 2.72. The molecule has 12 heteroatoms. The molecule has 2 aromatic heterocycles. The largest absolute Gasteiger partial charge is 0.440 e. The van der Waals surface area contributed by atoms with Gasteiger partial charge in [0.05, 0.1) is 23.6 Å². The monoisotopic (exact) mass is 529 g/mol. The van der Waals surface area contributed by atoms with Gasteiger partial charge in [-0.2, -0.15) is 5.26 Å². The molecule has 5 heterocycles. The van der Waals surface area contributed by atoms with Gasteiger partial charge in [0, 0.05) is 57.7 Å². The van der Waals surface area contributed by atoms with Gasteiger partial charge in [-0.1, -0.05) is 0 Å². The number of pyridine rings is 2. The van der Waals surface area contributed by atoms with Crippen LogP contribution >= 0.6 is 0 Å². The van der Waals surface area contributed by atoms with Crippen LogP contribution in [-0.4, -0.2) is 72.5 Å². The zero-order valence-electron chi connectivity index (χ0n) is 21.4. The number of amides is 2. The van der Waals surface area contributed by atoms with Gasteiger partial charge in [-0.05, 0) is 37.0 Å². The minimum atomic E-state index is -0.437. The number of aldehydes is 1. The van der Waals surface area contributed by atoms with Crippen molar-refractivity contribution >= 4 is 35.6 Å². The van der Waals surface area contributed by atoms with Crippen LogP contribution in [-0.2, 0) is 27.2 Å². The van der Waals surface area contributed by atoms with E-state index in [0.717, 1.165) is 18.5 Å². The molecule has 2 aromatic rings. The number of nitriles is 1. The number of hydrogen-bond donors (Lipinski definition) is 1. The second kappa shape index (κ2) is 11.3. The number of anilines is 3. The zero-order valence-corrected chi connectivity index (χ0v) is 21.4. The summed E-state index contributed by atoms with van der Waals surface area (Å²) in [6, 6.07) is 5.28. The van der Waals surface area contributed by atoms with Gasteiger partial charge >= 0.3 is 6.03 Å². The third-order valence-corrected chi connectivity index (χ3v) is 7.03. The molecule has 1 fully saturated rings. The Morgan fingerprint density at radius 2 is 2.23 bits per heavy atom. The summed E-state index contributed by atoms with van der Waals surface area (Å²) < 4.78 is 10.7. The van der Waals surface area contributed by atoms with Crippen LogP contribution < -0.4 is 15.1 Å². The Balaban J connectivity index is 1.37. The number of nitrogens with one attached hydrogen (secondary N) is 1. The van der Waals surface area contributed by atoms with Crippen LogP contribution in [0.25, 0.3) is 0 Å². The van der Waals surface area contributed by atoms with Crippen molar-refractivity contribution in [3.05, 3.63) is 58.9 Å². The lowest BCUT2D eigenvalue weighted by molar-refractivity contribution is 0.111. The predicted molar refractivity (Wildman–Crippen MR) is 141 cm³/mol. The highest BCUT2D eigenvalue weighted by Crippen LogP contribution is 2.30. The lowest BCUT2D eigenvalue weighted by Crippen LogP contribution is -2.40. The first-order valence-corrected chi connectivity index (χ1v) is 12.6. The first kappa shape index (κ1) is 25.9. The molecule has 1 N–H and O–H groups in total. The van der Waals surface area contributed by atoms with Crippen LogP contribution in [0, 0.1) is 11.3 Å². The fourth-order valence-corrected chi connectivity index (χ4v) is 5.03. The number of carbonyl (C=O) groups is 2. The molecule has 0 bridgehead atoms. The summed E-state index contributed by atoms with van der Waals surface area (Å²) in [5, 5.41) is 12.4. The van der Waals surface area contributed by atoms with Crippen molar-refractivity contribution in [3.63, 3.8) is 0 Å². The highest BCUT2D eigenvalue weighted by Gasteiger charge is 2.28. The Kier molecular flexibility index (Phi) is 7.54. The van der Waals surface area contributed by atoms with Gasteiger partial charge < -0.3 is 19.3 Å². The van der Waals surface area contributed by atoms with Crippen LogP contribution in [0.1, 0.15) is 40.0 Å². The van der Waals surface area contributed by atoms with E-state index in [1.807, 2.05) is 11.0 Å². The first-order valence-electron chi connectivity index (χ1n) is 12.6. The molecule has 1 atom stereocenters. The fourth-order valence-electron chi connectivity index (χ4n) is 5.03. The van der Waals surface area contributed by atoms with Crippen molar-refractivity contribution in [1.82, 2.24) is 14.9 Å². The molecule has 12 nitrogen and oxygen atoms in total. The highest BCUT2D eigenvalue weighted by molar-refractivity contribution is 6.02. The summed E-state index contributed by atoms with van der Waals surface area (Å²) in [5.74, 6) is 2.52. The lowest BCUT2D eigenvalue weighted by Gasteiger charge is -2.30. The van der Waals surface area contributed by atoms with Crippen molar-refractivity contribution in [2.45, 2.75) is 31.9 Å². The quantitative estimate of drug-likeness (QED) is 0.438. The van der Waals surface area contributed by atoms with E-state index < -0.39 is 6.03 Å². The number of aromatic nitrogens is 2. The first-order chi connectivity index (χ1) is 19.0. The second-order valence-electron chi connectivity index (χ2n) is 9.39. The van der Waals surface area contributed by atoms with Crippen molar-refractivity contribution < 1.29 is 23.9 Å². The molecule has 39 heavy (non-hydrogen) atoms. The van der Waals surface area contributed by atoms with Crippen LogP contribution in [0.3, 0.4) is 0 Å². The number of aryl methyl sites for hydroxylation is 1. The number of hydrogen-bond acceptors (Lipinski definition) is 10. The van der Waals surface area contributed by atoms with Crippen molar-refractivity contribution in [1.29, 1.82) is 5.26 Å². The average molecular weight is 530 g/mol. The average Bonchev–Trinajstić information content (AvgIpc) is 3.46. The summed E-state index contributed by atoms with van der Waals surface area (Å²) in [4.78, 5) is 50.6. The van der Waals surface area contributed by atoms with E-state index in [9.17, 15) is 19.6 Å². The van der Waals surface area contributed by atoms with Crippen molar-refractivity contribution in [3.8, 4) is 6.07 Å². The molecule has 0 aromatic carbocycles. The molecular weight excluding hydrogens is 502 g/mol. The van der Waals surface area contributed by atoms with Gasteiger partial charge in [0.15, 0.2) is 12.2 Å². The number of fused-ring (bicyclic) bond motifs is 1. The highest BCUT2D eigenvalue weighted by atomic mass is 16.5. The summed E-state index contributed by atoms with van der Waals surface area (Å²) >= 11 is 0. The fraction of sp³-hybridized carbons (Fsp3) is 0.370. The Morgan fingerprint density at radius 1 is 1.36 bits per heavy atom. The van der Waals surface area contributed by atoms with E-state index in [0.29, 0.717) is 67.2 Å². The second-order valence-corrected chi connectivity index (χ2v) is 9.39. The summed E-state index contributed by atoms with van der Waals surface area (Å²) in [6.07, 6.45) is 7.57. The topological polar surface area (TPSA) is 141 Å².